The van der Waals surface area contributed by atoms with E-state index in [0.29, 0.717) is 24.7 Å². The molecule has 0 aliphatic heterocycles. The molecule has 0 bridgehead atoms. The van der Waals surface area contributed by atoms with Gasteiger partial charge in [0.2, 0.25) is 5.91 Å². The zero-order chi connectivity index (χ0) is 20.3. The first-order valence-corrected chi connectivity index (χ1v) is 9.31. The Bertz CT molecular complexity index is 916. The molecule has 6 heteroatoms. The summed E-state index contributed by atoms with van der Waals surface area (Å²) < 4.78 is 16.5. The fraction of sp³-hybridized carbons (Fsp3) is 0.174. The van der Waals surface area contributed by atoms with Crippen LogP contribution in [-0.4, -0.2) is 32.8 Å². The molecule has 0 aliphatic rings. The molecule has 0 saturated heterocycles. The molecule has 0 spiro atoms. The Morgan fingerprint density at radius 2 is 1.38 bits per heavy atom. The second-order valence-electron chi connectivity index (χ2n) is 6.17. The number of hydrogen-bond acceptors (Lipinski definition) is 5. The van der Waals surface area contributed by atoms with Gasteiger partial charge in [-0.25, -0.2) is 0 Å². The van der Waals surface area contributed by atoms with E-state index in [1.54, 1.807) is 13.2 Å². The van der Waals surface area contributed by atoms with Crippen molar-refractivity contribution in [2.24, 2.45) is 0 Å². The Kier molecular flexibility index (Phi) is 7.34. The molecular weight excluding hydrogens is 368 g/mol. The average molecular weight is 392 g/mol. The fourth-order valence-electron chi connectivity index (χ4n) is 2.62. The van der Waals surface area contributed by atoms with Crippen LogP contribution in [0, 0.1) is 0 Å². The molecular formula is C23H24N2O4. The van der Waals surface area contributed by atoms with Crippen molar-refractivity contribution in [3.8, 4) is 17.2 Å². The molecule has 29 heavy (non-hydrogen) atoms. The van der Waals surface area contributed by atoms with E-state index in [1.807, 2.05) is 72.8 Å². The Labute approximate surface area is 170 Å². The van der Waals surface area contributed by atoms with E-state index < -0.39 is 0 Å². The van der Waals surface area contributed by atoms with E-state index in [1.165, 1.54) is 0 Å². The van der Waals surface area contributed by atoms with Gasteiger partial charge in [-0.05, 0) is 36.4 Å². The number of methoxy groups -OCH3 is 1. The normalized spacial score (nSPS) is 10.1. The smallest absolute Gasteiger partial charge is 0.243 e. The zero-order valence-electron chi connectivity index (χ0n) is 16.3. The summed E-state index contributed by atoms with van der Waals surface area (Å²) in [5.74, 6) is 2.05. The van der Waals surface area contributed by atoms with Crippen molar-refractivity contribution >= 4 is 17.3 Å². The molecule has 3 aromatic carbocycles. The van der Waals surface area contributed by atoms with Crippen molar-refractivity contribution in [1.82, 2.24) is 0 Å². The number of benzene rings is 3. The first-order valence-electron chi connectivity index (χ1n) is 9.31. The van der Waals surface area contributed by atoms with Gasteiger partial charge in [0.1, 0.15) is 30.5 Å². The van der Waals surface area contributed by atoms with Crippen LogP contribution in [-0.2, 0) is 4.79 Å². The van der Waals surface area contributed by atoms with E-state index in [9.17, 15) is 4.79 Å². The third kappa shape index (κ3) is 6.77. The minimum absolute atomic E-state index is 0.142. The summed E-state index contributed by atoms with van der Waals surface area (Å²) in [7, 11) is 1.61. The molecule has 1 amide bonds. The molecule has 0 atom stereocenters. The van der Waals surface area contributed by atoms with Crippen LogP contribution in [0.15, 0.2) is 78.9 Å². The lowest BCUT2D eigenvalue weighted by atomic mass is 10.3. The van der Waals surface area contributed by atoms with Crippen LogP contribution in [0.3, 0.4) is 0 Å². The maximum Gasteiger partial charge on any atom is 0.243 e. The summed E-state index contributed by atoms with van der Waals surface area (Å²) in [5.41, 5.74) is 1.49. The number of nitrogens with one attached hydrogen (secondary N) is 2. The number of hydrogen-bond donors (Lipinski definition) is 2. The predicted molar refractivity (Wildman–Crippen MR) is 114 cm³/mol. The Morgan fingerprint density at radius 3 is 2.14 bits per heavy atom. The number of carbonyl (C=O) groups excluding carboxylic acids is 1. The predicted octanol–water partition coefficient (Wildman–Crippen LogP) is 4.20. The first kappa shape index (κ1) is 20.1. The van der Waals surface area contributed by atoms with Crippen LogP contribution >= 0.6 is 0 Å². The van der Waals surface area contributed by atoms with E-state index in [-0.39, 0.29) is 12.5 Å². The largest absolute Gasteiger partial charge is 0.497 e. The summed E-state index contributed by atoms with van der Waals surface area (Å²) in [5, 5.41) is 5.93. The summed E-state index contributed by atoms with van der Waals surface area (Å²) in [6, 6.07) is 24.3. The van der Waals surface area contributed by atoms with Crippen molar-refractivity contribution in [2.45, 2.75) is 0 Å². The van der Waals surface area contributed by atoms with Gasteiger partial charge in [-0.3, -0.25) is 4.79 Å². The number of amides is 1. The second-order valence-corrected chi connectivity index (χ2v) is 6.17. The van der Waals surface area contributed by atoms with Gasteiger partial charge in [0.25, 0.3) is 0 Å². The first-order chi connectivity index (χ1) is 14.2. The molecule has 3 aromatic rings. The molecule has 0 heterocycles. The van der Waals surface area contributed by atoms with Crippen LogP contribution in [0.2, 0.25) is 0 Å². The van der Waals surface area contributed by atoms with Gasteiger partial charge in [-0.1, -0.05) is 30.3 Å². The molecule has 3 rings (SSSR count). The minimum Gasteiger partial charge on any atom is -0.497 e. The molecule has 0 aliphatic carbocycles. The van der Waals surface area contributed by atoms with Crippen LogP contribution in [0.25, 0.3) is 0 Å². The summed E-state index contributed by atoms with van der Waals surface area (Å²) >= 11 is 0. The minimum atomic E-state index is -0.155. The van der Waals surface area contributed by atoms with E-state index >= 15 is 0 Å². The maximum atomic E-state index is 12.2. The fourth-order valence-corrected chi connectivity index (χ4v) is 2.62. The molecule has 0 unspecified atom stereocenters. The van der Waals surface area contributed by atoms with Gasteiger partial charge in [-0.15, -0.1) is 0 Å². The highest BCUT2D eigenvalue weighted by molar-refractivity contribution is 5.93. The van der Waals surface area contributed by atoms with E-state index in [2.05, 4.69) is 10.6 Å². The molecule has 0 saturated carbocycles. The molecule has 0 aromatic heterocycles. The van der Waals surface area contributed by atoms with Gasteiger partial charge >= 0.3 is 0 Å². The highest BCUT2D eigenvalue weighted by atomic mass is 16.5. The lowest BCUT2D eigenvalue weighted by Gasteiger charge is -2.11. The molecule has 150 valence electrons. The summed E-state index contributed by atoms with van der Waals surface area (Å²) in [6.45, 7) is 0.984. The Hall–Kier alpha value is -3.67. The van der Waals surface area contributed by atoms with Gasteiger partial charge in [-0.2, -0.15) is 0 Å². The van der Waals surface area contributed by atoms with Crippen molar-refractivity contribution in [1.29, 1.82) is 0 Å². The Morgan fingerprint density at radius 1 is 0.759 bits per heavy atom. The summed E-state index contributed by atoms with van der Waals surface area (Å²) in [4.78, 5) is 12.2. The van der Waals surface area contributed by atoms with Crippen molar-refractivity contribution < 1.29 is 19.0 Å². The van der Waals surface area contributed by atoms with Crippen LogP contribution < -0.4 is 24.8 Å². The van der Waals surface area contributed by atoms with Gasteiger partial charge in [0, 0.05) is 23.5 Å². The van der Waals surface area contributed by atoms with Crippen molar-refractivity contribution in [2.75, 3.05) is 37.5 Å². The third-order valence-electron chi connectivity index (χ3n) is 4.00. The maximum absolute atomic E-state index is 12.2. The lowest BCUT2D eigenvalue weighted by molar-refractivity contribution is -0.114. The number of rotatable bonds is 10. The Balaban J connectivity index is 1.43. The quantitative estimate of drug-likeness (QED) is 0.506. The van der Waals surface area contributed by atoms with Gasteiger partial charge in [0.15, 0.2) is 0 Å². The second kappa shape index (κ2) is 10.6. The van der Waals surface area contributed by atoms with Crippen molar-refractivity contribution in [3.05, 3.63) is 78.9 Å². The molecule has 0 fully saturated rings. The van der Waals surface area contributed by atoms with Crippen molar-refractivity contribution in [3.63, 3.8) is 0 Å². The topological polar surface area (TPSA) is 68.8 Å². The zero-order valence-corrected chi connectivity index (χ0v) is 16.3. The molecule has 2 N–H and O–H groups in total. The molecule has 6 nitrogen and oxygen atoms in total. The van der Waals surface area contributed by atoms with E-state index in [0.717, 1.165) is 17.2 Å². The van der Waals surface area contributed by atoms with Gasteiger partial charge in [0.05, 0.1) is 13.7 Å². The molecule has 0 radical (unpaired) electrons. The van der Waals surface area contributed by atoms with E-state index in [4.69, 9.17) is 14.2 Å². The highest BCUT2D eigenvalue weighted by Crippen LogP contribution is 2.18. The SMILES string of the molecule is COc1cccc(NCC(=O)Nc2cccc(OCCOc3ccccc3)c2)c1. The van der Waals surface area contributed by atoms with Crippen LogP contribution in [0.4, 0.5) is 11.4 Å². The monoisotopic (exact) mass is 392 g/mol. The number of ether oxygens (including phenoxy) is 3. The van der Waals surface area contributed by atoms with Crippen LogP contribution in [0.5, 0.6) is 17.2 Å². The number of para-hydroxylation sites is 1. The summed E-state index contributed by atoms with van der Waals surface area (Å²) in [6.07, 6.45) is 0. The van der Waals surface area contributed by atoms with Gasteiger partial charge < -0.3 is 24.8 Å². The highest BCUT2D eigenvalue weighted by Gasteiger charge is 2.04. The lowest BCUT2D eigenvalue weighted by Crippen LogP contribution is -2.21. The average Bonchev–Trinajstić information content (AvgIpc) is 2.76. The van der Waals surface area contributed by atoms with Crippen LogP contribution in [0.1, 0.15) is 0 Å². The standard InChI is InChI=1S/C23H24N2O4/c1-27-21-11-5-7-18(15-21)24-17-23(26)25-19-8-6-12-22(16-19)29-14-13-28-20-9-3-2-4-10-20/h2-12,15-16,24H,13-14,17H2,1H3,(H,25,26). The number of carbonyl (C=O) groups is 1. The third-order valence-corrected chi connectivity index (χ3v) is 4.00. The number of anilines is 2.